The molecule has 0 heterocycles. The average molecular weight is 222 g/mol. The third kappa shape index (κ3) is 3.90. The van der Waals surface area contributed by atoms with Gasteiger partial charge in [-0.05, 0) is 31.0 Å². The largest absolute Gasteiger partial charge is 0.481 e. The molecule has 0 saturated heterocycles. The summed E-state index contributed by atoms with van der Waals surface area (Å²) in [5.74, 6) is -0.865. The molecule has 0 aliphatic heterocycles. The zero-order valence-corrected chi connectivity index (χ0v) is 9.66. The van der Waals surface area contributed by atoms with Gasteiger partial charge in [-0.1, -0.05) is 12.1 Å². The molecule has 1 rings (SSSR count). The van der Waals surface area contributed by atoms with Crippen LogP contribution >= 0.6 is 0 Å². The Morgan fingerprint density at radius 3 is 2.81 bits per heavy atom. The number of carbonyl (C=O) groups is 1. The molecule has 0 amide bonds. The first-order valence-corrected chi connectivity index (χ1v) is 5.27. The number of aliphatic carboxylic acids is 1. The first kappa shape index (κ1) is 12.5. The van der Waals surface area contributed by atoms with E-state index in [1.165, 1.54) is 5.56 Å². The Balaban J connectivity index is 2.54. The van der Waals surface area contributed by atoms with Crippen LogP contribution in [-0.2, 0) is 4.79 Å². The lowest BCUT2D eigenvalue weighted by molar-refractivity contribution is -0.137. The van der Waals surface area contributed by atoms with Crippen LogP contribution in [0, 0.1) is 13.8 Å². The van der Waals surface area contributed by atoms with Gasteiger partial charge in [-0.3, -0.25) is 4.79 Å². The standard InChI is InChI=1S/C12H18N2O2/c1-8-3-4-9(2)11(5-8)14-7-10(13)6-12(15)16/h3-5,10,14H,6-7,13H2,1-2H3,(H,15,16). The number of carboxylic acid groups (broad SMARTS) is 1. The smallest absolute Gasteiger partial charge is 0.304 e. The molecule has 0 aliphatic rings. The minimum atomic E-state index is -0.865. The number of hydrogen-bond donors (Lipinski definition) is 3. The number of carboxylic acids is 1. The van der Waals surface area contributed by atoms with Crippen molar-refractivity contribution in [2.24, 2.45) is 5.73 Å². The van der Waals surface area contributed by atoms with Gasteiger partial charge in [-0.15, -0.1) is 0 Å². The quantitative estimate of drug-likeness (QED) is 0.706. The minimum Gasteiger partial charge on any atom is -0.481 e. The van der Waals surface area contributed by atoms with Gasteiger partial charge < -0.3 is 16.2 Å². The molecule has 4 heteroatoms. The molecule has 1 aromatic rings. The molecule has 4 N–H and O–H groups in total. The van der Waals surface area contributed by atoms with E-state index in [0.717, 1.165) is 11.3 Å². The van der Waals surface area contributed by atoms with Crippen molar-refractivity contribution in [2.45, 2.75) is 26.3 Å². The fourth-order valence-electron chi connectivity index (χ4n) is 1.46. The summed E-state index contributed by atoms with van der Waals surface area (Å²) in [6.07, 6.45) is -0.0160. The molecule has 1 aromatic carbocycles. The molecule has 16 heavy (non-hydrogen) atoms. The molecule has 1 unspecified atom stereocenters. The highest BCUT2D eigenvalue weighted by atomic mass is 16.4. The fourth-order valence-corrected chi connectivity index (χ4v) is 1.46. The molecule has 0 spiro atoms. The van der Waals surface area contributed by atoms with Crippen LogP contribution < -0.4 is 11.1 Å². The van der Waals surface area contributed by atoms with Crippen molar-refractivity contribution < 1.29 is 9.90 Å². The number of aryl methyl sites for hydroxylation is 2. The number of benzene rings is 1. The second kappa shape index (κ2) is 5.51. The van der Waals surface area contributed by atoms with E-state index in [9.17, 15) is 4.79 Å². The SMILES string of the molecule is Cc1ccc(C)c(NCC(N)CC(=O)O)c1. The summed E-state index contributed by atoms with van der Waals surface area (Å²) >= 11 is 0. The number of anilines is 1. The molecular weight excluding hydrogens is 204 g/mol. The first-order chi connectivity index (χ1) is 7.49. The maximum atomic E-state index is 10.4. The summed E-state index contributed by atoms with van der Waals surface area (Å²) in [6.45, 7) is 4.49. The van der Waals surface area contributed by atoms with Gasteiger partial charge in [0.25, 0.3) is 0 Å². The van der Waals surface area contributed by atoms with Crippen molar-refractivity contribution in [3.8, 4) is 0 Å². The zero-order valence-electron chi connectivity index (χ0n) is 9.66. The van der Waals surface area contributed by atoms with Crippen molar-refractivity contribution >= 4 is 11.7 Å². The number of nitrogens with one attached hydrogen (secondary N) is 1. The van der Waals surface area contributed by atoms with E-state index in [0.29, 0.717) is 6.54 Å². The lowest BCUT2D eigenvalue weighted by Crippen LogP contribution is -2.31. The summed E-state index contributed by atoms with van der Waals surface area (Å²) < 4.78 is 0. The van der Waals surface area contributed by atoms with E-state index in [1.54, 1.807) is 0 Å². The van der Waals surface area contributed by atoms with Gasteiger partial charge in [0, 0.05) is 18.3 Å². The predicted molar refractivity (Wildman–Crippen MR) is 64.6 cm³/mol. The van der Waals surface area contributed by atoms with Crippen molar-refractivity contribution in [2.75, 3.05) is 11.9 Å². The molecule has 0 saturated carbocycles. The van der Waals surface area contributed by atoms with Crippen molar-refractivity contribution in [3.63, 3.8) is 0 Å². The van der Waals surface area contributed by atoms with Gasteiger partial charge in [-0.2, -0.15) is 0 Å². The number of nitrogens with two attached hydrogens (primary N) is 1. The van der Waals surface area contributed by atoms with Crippen LogP contribution in [0.25, 0.3) is 0 Å². The Morgan fingerprint density at radius 1 is 1.50 bits per heavy atom. The third-order valence-electron chi connectivity index (χ3n) is 2.38. The van der Waals surface area contributed by atoms with E-state index in [1.807, 2.05) is 32.0 Å². The molecule has 0 aromatic heterocycles. The maximum absolute atomic E-state index is 10.4. The molecule has 88 valence electrons. The third-order valence-corrected chi connectivity index (χ3v) is 2.38. The van der Waals surface area contributed by atoms with Gasteiger partial charge in [0.15, 0.2) is 0 Å². The van der Waals surface area contributed by atoms with Gasteiger partial charge in [0.05, 0.1) is 6.42 Å². The van der Waals surface area contributed by atoms with Crippen LogP contribution in [0.5, 0.6) is 0 Å². The fraction of sp³-hybridized carbons (Fsp3) is 0.417. The van der Waals surface area contributed by atoms with Crippen molar-refractivity contribution in [1.82, 2.24) is 0 Å². The van der Waals surface area contributed by atoms with Gasteiger partial charge in [0.1, 0.15) is 0 Å². The van der Waals surface area contributed by atoms with Crippen LogP contribution in [0.2, 0.25) is 0 Å². The molecule has 1 atom stereocenters. The average Bonchev–Trinajstić information content (AvgIpc) is 2.18. The van der Waals surface area contributed by atoms with E-state index in [2.05, 4.69) is 5.32 Å². The van der Waals surface area contributed by atoms with Crippen molar-refractivity contribution in [1.29, 1.82) is 0 Å². The highest BCUT2D eigenvalue weighted by molar-refractivity contribution is 5.67. The van der Waals surface area contributed by atoms with E-state index < -0.39 is 5.97 Å². The van der Waals surface area contributed by atoms with Gasteiger partial charge >= 0.3 is 5.97 Å². The van der Waals surface area contributed by atoms with E-state index in [4.69, 9.17) is 10.8 Å². The predicted octanol–water partition coefficient (Wildman–Crippen LogP) is 1.52. The van der Waals surface area contributed by atoms with E-state index >= 15 is 0 Å². The number of rotatable bonds is 5. The van der Waals surface area contributed by atoms with Gasteiger partial charge in [0.2, 0.25) is 0 Å². The van der Waals surface area contributed by atoms with Gasteiger partial charge in [-0.25, -0.2) is 0 Å². The molecule has 4 nitrogen and oxygen atoms in total. The Morgan fingerprint density at radius 2 is 2.19 bits per heavy atom. The van der Waals surface area contributed by atoms with Crippen LogP contribution in [0.4, 0.5) is 5.69 Å². The van der Waals surface area contributed by atoms with Crippen molar-refractivity contribution in [3.05, 3.63) is 29.3 Å². The van der Waals surface area contributed by atoms with Crippen LogP contribution in [-0.4, -0.2) is 23.7 Å². The second-order valence-electron chi connectivity index (χ2n) is 4.06. The first-order valence-electron chi connectivity index (χ1n) is 5.27. The molecule has 0 bridgehead atoms. The van der Waals surface area contributed by atoms with Crippen LogP contribution in [0.3, 0.4) is 0 Å². The summed E-state index contributed by atoms with van der Waals surface area (Å²) in [4.78, 5) is 10.4. The minimum absolute atomic E-state index is 0.0160. The highest BCUT2D eigenvalue weighted by Gasteiger charge is 2.08. The Labute approximate surface area is 95.5 Å². The second-order valence-corrected chi connectivity index (χ2v) is 4.06. The van der Waals surface area contributed by atoms with Crippen LogP contribution in [0.1, 0.15) is 17.5 Å². The normalized spacial score (nSPS) is 12.2. The lowest BCUT2D eigenvalue weighted by atomic mass is 10.1. The number of hydrogen-bond acceptors (Lipinski definition) is 3. The Kier molecular flexibility index (Phi) is 4.31. The molecule has 0 fully saturated rings. The summed E-state index contributed by atoms with van der Waals surface area (Å²) in [5.41, 5.74) is 8.98. The lowest BCUT2D eigenvalue weighted by Gasteiger charge is -2.14. The summed E-state index contributed by atoms with van der Waals surface area (Å²) in [5, 5.41) is 11.7. The zero-order chi connectivity index (χ0) is 12.1. The van der Waals surface area contributed by atoms with Crippen LogP contribution in [0.15, 0.2) is 18.2 Å². The molecular formula is C12H18N2O2. The topological polar surface area (TPSA) is 75.3 Å². The monoisotopic (exact) mass is 222 g/mol. The highest BCUT2D eigenvalue weighted by Crippen LogP contribution is 2.16. The molecule has 0 aliphatic carbocycles. The van der Waals surface area contributed by atoms with E-state index in [-0.39, 0.29) is 12.5 Å². The Hall–Kier alpha value is -1.55. The maximum Gasteiger partial charge on any atom is 0.304 e. The molecule has 0 radical (unpaired) electrons. The summed E-state index contributed by atoms with van der Waals surface area (Å²) in [7, 11) is 0. The Bertz CT molecular complexity index is 377. The summed E-state index contributed by atoms with van der Waals surface area (Å²) in [6, 6.07) is 5.73.